The number of nitrogens with one attached hydrogen (secondary N) is 1. The minimum atomic E-state index is 0.805. The zero-order chi connectivity index (χ0) is 10.1. The quantitative estimate of drug-likeness (QED) is 0.662. The van der Waals surface area contributed by atoms with Gasteiger partial charge in [0.05, 0.1) is 12.4 Å². The third-order valence-corrected chi connectivity index (χ3v) is 2.34. The van der Waals surface area contributed by atoms with Crippen LogP contribution in [0.2, 0.25) is 0 Å². The Morgan fingerprint density at radius 3 is 3.00 bits per heavy atom. The van der Waals surface area contributed by atoms with Crippen LogP contribution in [0.25, 0.3) is 0 Å². The van der Waals surface area contributed by atoms with Crippen LogP contribution in [0, 0.1) is 0 Å². The van der Waals surface area contributed by atoms with Crippen LogP contribution in [0.5, 0.6) is 0 Å². The van der Waals surface area contributed by atoms with Gasteiger partial charge in [-0.25, -0.2) is 0 Å². The standard InChI is InChI=1S/C11H22N2O/c1-2-3-9-14-10-8-13-11-6-4-5-7-12-11/h2-10H2,1H3,(H,12,13). The molecule has 0 aromatic heterocycles. The van der Waals surface area contributed by atoms with E-state index in [2.05, 4.69) is 17.2 Å². The maximum atomic E-state index is 5.45. The summed E-state index contributed by atoms with van der Waals surface area (Å²) in [5.74, 6) is 1.18. The highest BCUT2D eigenvalue weighted by atomic mass is 16.5. The van der Waals surface area contributed by atoms with Crippen molar-refractivity contribution in [2.24, 2.45) is 4.99 Å². The van der Waals surface area contributed by atoms with E-state index in [0.717, 1.165) is 32.7 Å². The molecule has 0 atom stereocenters. The third kappa shape index (κ3) is 5.22. The number of amidine groups is 1. The number of nitrogens with zero attached hydrogens (tertiary/aromatic N) is 1. The molecule has 0 fully saturated rings. The van der Waals surface area contributed by atoms with Gasteiger partial charge in [0.25, 0.3) is 0 Å². The lowest BCUT2D eigenvalue weighted by atomic mass is 10.2. The fourth-order valence-electron chi connectivity index (χ4n) is 1.46. The van der Waals surface area contributed by atoms with Crippen molar-refractivity contribution >= 4 is 5.84 Å². The van der Waals surface area contributed by atoms with Crippen LogP contribution in [-0.2, 0) is 4.74 Å². The second-order valence-corrected chi connectivity index (χ2v) is 3.68. The summed E-state index contributed by atoms with van der Waals surface area (Å²) in [5, 5.41) is 3.32. The van der Waals surface area contributed by atoms with Crippen LogP contribution >= 0.6 is 0 Å². The predicted molar refractivity (Wildman–Crippen MR) is 59.9 cm³/mol. The minimum absolute atomic E-state index is 0.805. The van der Waals surface area contributed by atoms with Gasteiger partial charge in [-0.1, -0.05) is 13.3 Å². The van der Waals surface area contributed by atoms with Crippen LogP contribution in [0.1, 0.15) is 39.0 Å². The smallest absolute Gasteiger partial charge is 0.0963 e. The van der Waals surface area contributed by atoms with Crippen LogP contribution in [0.15, 0.2) is 4.99 Å². The van der Waals surface area contributed by atoms with Crippen molar-refractivity contribution in [3.05, 3.63) is 0 Å². The van der Waals surface area contributed by atoms with Crippen molar-refractivity contribution in [2.45, 2.75) is 39.0 Å². The van der Waals surface area contributed by atoms with Crippen LogP contribution in [-0.4, -0.2) is 32.1 Å². The van der Waals surface area contributed by atoms with Crippen molar-refractivity contribution in [2.75, 3.05) is 26.3 Å². The lowest BCUT2D eigenvalue weighted by Gasteiger charge is -2.13. The summed E-state index contributed by atoms with van der Waals surface area (Å²) in [6, 6.07) is 0. The Balaban J connectivity index is 1.90. The second kappa shape index (κ2) is 7.80. The van der Waals surface area contributed by atoms with Crippen LogP contribution in [0.4, 0.5) is 0 Å². The molecular formula is C11H22N2O. The largest absolute Gasteiger partial charge is 0.380 e. The Labute approximate surface area is 86.9 Å². The molecule has 14 heavy (non-hydrogen) atoms. The second-order valence-electron chi connectivity index (χ2n) is 3.68. The zero-order valence-corrected chi connectivity index (χ0v) is 9.22. The molecule has 0 unspecified atom stereocenters. The van der Waals surface area contributed by atoms with Gasteiger partial charge in [-0.3, -0.25) is 4.99 Å². The molecule has 1 heterocycles. The monoisotopic (exact) mass is 198 g/mol. The van der Waals surface area contributed by atoms with E-state index in [9.17, 15) is 0 Å². The summed E-state index contributed by atoms with van der Waals surface area (Å²) < 4.78 is 5.45. The van der Waals surface area contributed by atoms with Crippen molar-refractivity contribution in [1.82, 2.24) is 5.32 Å². The van der Waals surface area contributed by atoms with Crippen molar-refractivity contribution in [3.63, 3.8) is 0 Å². The van der Waals surface area contributed by atoms with Gasteiger partial charge in [-0.15, -0.1) is 0 Å². The molecule has 0 aliphatic carbocycles. The molecule has 0 aromatic rings. The molecule has 82 valence electrons. The molecular weight excluding hydrogens is 176 g/mol. The fraction of sp³-hybridized carbons (Fsp3) is 0.909. The molecule has 3 nitrogen and oxygen atoms in total. The topological polar surface area (TPSA) is 33.6 Å². The number of hydrogen-bond acceptors (Lipinski definition) is 3. The molecule has 1 N–H and O–H groups in total. The highest BCUT2D eigenvalue weighted by molar-refractivity contribution is 5.82. The van der Waals surface area contributed by atoms with Gasteiger partial charge in [0.1, 0.15) is 0 Å². The first-order valence-corrected chi connectivity index (χ1v) is 5.78. The van der Waals surface area contributed by atoms with Gasteiger partial charge in [0, 0.05) is 26.1 Å². The van der Waals surface area contributed by atoms with E-state index >= 15 is 0 Å². The average Bonchev–Trinajstić information content (AvgIpc) is 2.25. The maximum absolute atomic E-state index is 5.45. The lowest BCUT2D eigenvalue weighted by molar-refractivity contribution is 0.136. The predicted octanol–water partition coefficient (Wildman–Crippen LogP) is 1.98. The highest BCUT2D eigenvalue weighted by Crippen LogP contribution is 2.03. The lowest BCUT2D eigenvalue weighted by Crippen LogP contribution is -2.29. The molecule has 0 spiro atoms. The van der Waals surface area contributed by atoms with Crippen LogP contribution in [0.3, 0.4) is 0 Å². The van der Waals surface area contributed by atoms with Crippen molar-refractivity contribution in [1.29, 1.82) is 0 Å². The molecule has 0 amide bonds. The van der Waals surface area contributed by atoms with E-state index in [1.165, 1.54) is 31.5 Å². The Hall–Kier alpha value is -0.570. The average molecular weight is 198 g/mol. The minimum Gasteiger partial charge on any atom is -0.380 e. The molecule has 1 aliphatic heterocycles. The molecule has 0 radical (unpaired) electrons. The molecule has 0 saturated heterocycles. The number of rotatable bonds is 6. The summed E-state index contributed by atoms with van der Waals surface area (Å²) >= 11 is 0. The van der Waals surface area contributed by atoms with E-state index in [0.29, 0.717) is 0 Å². The summed E-state index contributed by atoms with van der Waals surface area (Å²) in [4.78, 5) is 4.41. The van der Waals surface area contributed by atoms with Crippen molar-refractivity contribution < 1.29 is 4.74 Å². The number of ether oxygens (including phenoxy) is 1. The number of unbranched alkanes of at least 4 members (excludes halogenated alkanes) is 1. The molecule has 0 bridgehead atoms. The molecule has 3 heteroatoms. The van der Waals surface area contributed by atoms with E-state index in [1.54, 1.807) is 0 Å². The van der Waals surface area contributed by atoms with Crippen LogP contribution < -0.4 is 5.32 Å². The Bertz CT molecular complexity index is 169. The summed E-state index contributed by atoms with van der Waals surface area (Å²) in [7, 11) is 0. The summed E-state index contributed by atoms with van der Waals surface area (Å²) in [6.45, 7) is 5.78. The van der Waals surface area contributed by atoms with E-state index in [4.69, 9.17) is 4.74 Å². The highest BCUT2D eigenvalue weighted by Gasteiger charge is 2.02. The molecule has 0 saturated carbocycles. The van der Waals surface area contributed by atoms with Crippen molar-refractivity contribution in [3.8, 4) is 0 Å². The first-order chi connectivity index (χ1) is 6.93. The molecule has 1 rings (SSSR count). The number of aliphatic imine (C=N–C) groups is 1. The van der Waals surface area contributed by atoms with Gasteiger partial charge in [-0.05, 0) is 19.3 Å². The number of hydrogen-bond donors (Lipinski definition) is 1. The van der Waals surface area contributed by atoms with Gasteiger partial charge in [0.15, 0.2) is 0 Å². The Morgan fingerprint density at radius 2 is 2.29 bits per heavy atom. The zero-order valence-electron chi connectivity index (χ0n) is 9.22. The van der Waals surface area contributed by atoms with E-state index in [1.807, 2.05) is 0 Å². The summed E-state index contributed by atoms with van der Waals surface area (Å²) in [6.07, 6.45) is 6.02. The first kappa shape index (κ1) is 11.5. The van der Waals surface area contributed by atoms with E-state index < -0.39 is 0 Å². The van der Waals surface area contributed by atoms with E-state index in [-0.39, 0.29) is 0 Å². The fourth-order valence-corrected chi connectivity index (χ4v) is 1.46. The summed E-state index contributed by atoms with van der Waals surface area (Å²) in [5.41, 5.74) is 0. The normalized spacial score (nSPS) is 16.5. The van der Waals surface area contributed by atoms with Gasteiger partial charge in [0.2, 0.25) is 0 Å². The Morgan fingerprint density at radius 1 is 1.36 bits per heavy atom. The molecule has 0 aromatic carbocycles. The van der Waals surface area contributed by atoms with Gasteiger partial charge in [-0.2, -0.15) is 0 Å². The van der Waals surface area contributed by atoms with Gasteiger partial charge >= 0.3 is 0 Å². The third-order valence-electron chi connectivity index (χ3n) is 2.34. The first-order valence-electron chi connectivity index (χ1n) is 5.78. The molecule has 1 aliphatic rings. The SMILES string of the molecule is CCCCOCCNC1=NCCCC1. The maximum Gasteiger partial charge on any atom is 0.0963 e. The van der Waals surface area contributed by atoms with Gasteiger partial charge < -0.3 is 10.1 Å². The Kier molecular flexibility index (Phi) is 6.41.